The van der Waals surface area contributed by atoms with Gasteiger partial charge >= 0.3 is 0 Å². The van der Waals surface area contributed by atoms with Crippen LogP contribution in [-0.4, -0.2) is 17.4 Å². The summed E-state index contributed by atoms with van der Waals surface area (Å²) < 4.78 is 0. The third-order valence-corrected chi connectivity index (χ3v) is 3.03. The number of nitrogens with zero attached hydrogens (tertiary/aromatic N) is 1. The van der Waals surface area contributed by atoms with E-state index in [1.807, 2.05) is 42.7 Å². The fourth-order valence-electron chi connectivity index (χ4n) is 1.83. The average molecular weight is 295 g/mol. The van der Waals surface area contributed by atoms with Crippen molar-refractivity contribution in [3.8, 4) is 11.8 Å². The summed E-state index contributed by atoms with van der Waals surface area (Å²) in [7, 11) is 0. The van der Waals surface area contributed by atoms with Crippen molar-refractivity contribution < 1.29 is 4.79 Å². The van der Waals surface area contributed by atoms with E-state index >= 15 is 0 Å². The van der Waals surface area contributed by atoms with Gasteiger partial charge in [0.15, 0.2) is 0 Å². The Kier molecular flexibility index (Phi) is 10.1. The van der Waals surface area contributed by atoms with Gasteiger partial charge in [-0.2, -0.15) is 0 Å². The minimum Gasteiger partial charge on any atom is -0.316 e. The van der Waals surface area contributed by atoms with Crippen molar-refractivity contribution in [1.29, 1.82) is 0 Å². The lowest BCUT2D eigenvalue weighted by atomic mass is 10.2. The van der Waals surface area contributed by atoms with E-state index in [-0.39, 0.29) is 5.91 Å². The molecule has 0 aromatic heterocycles. The van der Waals surface area contributed by atoms with E-state index in [1.165, 1.54) is 0 Å². The summed E-state index contributed by atoms with van der Waals surface area (Å²) in [5.41, 5.74) is 0. The zero-order chi connectivity index (χ0) is 15.9. The normalized spacial score (nSPS) is 14.7. The Labute approximate surface area is 134 Å². The first kappa shape index (κ1) is 17.8. The lowest BCUT2D eigenvalue weighted by Gasteiger charge is -2.09. The molecular weight excluding hydrogens is 270 g/mol. The summed E-state index contributed by atoms with van der Waals surface area (Å²) >= 11 is 0. The molecule has 0 bridgehead atoms. The number of rotatable bonds is 7. The van der Waals surface area contributed by atoms with Gasteiger partial charge in [-0.05, 0) is 43.9 Å². The van der Waals surface area contributed by atoms with Crippen LogP contribution in [0.4, 0.5) is 0 Å². The molecule has 0 unspecified atom stereocenters. The molecular formula is C20H25NO. The van der Waals surface area contributed by atoms with Crippen LogP contribution in [0, 0.1) is 11.8 Å². The molecule has 0 saturated heterocycles. The molecule has 1 rings (SSSR count). The van der Waals surface area contributed by atoms with E-state index in [9.17, 15) is 4.79 Å². The molecule has 2 heteroatoms. The van der Waals surface area contributed by atoms with Crippen molar-refractivity contribution in [3.05, 3.63) is 60.9 Å². The molecule has 0 aliphatic carbocycles. The molecule has 0 aromatic rings. The monoisotopic (exact) mass is 295 g/mol. The summed E-state index contributed by atoms with van der Waals surface area (Å²) in [5, 5.41) is 0. The molecule has 0 spiro atoms. The first-order valence-corrected chi connectivity index (χ1v) is 7.96. The van der Waals surface area contributed by atoms with Gasteiger partial charge in [-0.1, -0.05) is 61.6 Å². The second-order valence-electron chi connectivity index (χ2n) is 4.95. The Morgan fingerprint density at radius 3 is 2.68 bits per heavy atom. The second kappa shape index (κ2) is 12.5. The third kappa shape index (κ3) is 8.81. The highest BCUT2D eigenvalue weighted by molar-refractivity contribution is 5.88. The third-order valence-electron chi connectivity index (χ3n) is 3.03. The molecule has 0 atom stereocenters. The molecule has 1 heterocycles. The van der Waals surface area contributed by atoms with Gasteiger partial charge in [-0.25, -0.2) is 0 Å². The Balaban J connectivity index is 2.10. The van der Waals surface area contributed by atoms with E-state index in [2.05, 4.69) is 30.9 Å². The molecule has 0 N–H and O–H groups in total. The predicted molar refractivity (Wildman–Crippen MR) is 93.9 cm³/mol. The largest absolute Gasteiger partial charge is 0.316 e. The molecule has 0 fully saturated rings. The van der Waals surface area contributed by atoms with E-state index < -0.39 is 0 Å². The predicted octanol–water partition coefficient (Wildman–Crippen LogP) is 4.54. The van der Waals surface area contributed by atoms with Crippen molar-refractivity contribution in [2.75, 3.05) is 6.54 Å². The molecule has 2 nitrogen and oxygen atoms in total. The van der Waals surface area contributed by atoms with Crippen molar-refractivity contribution in [1.82, 2.24) is 4.90 Å². The van der Waals surface area contributed by atoms with Gasteiger partial charge in [0.2, 0.25) is 5.91 Å². The van der Waals surface area contributed by atoms with Crippen molar-refractivity contribution in [2.45, 2.75) is 39.0 Å². The Morgan fingerprint density at radius 2 is 1.91 bits per heavy atom. The smallest absolute Gasteiger partial charge is 0.250 e. The molecule has 116 valence electrons. The van der Waals surface area contributed by atoms with Crippen LogP contribution >= 0.6 is 0 Å². The van der Waals surface area contributed by atoms with E-state index in [4.69, 9.17) is 0 Å². The number of unbranched alkanes of at least 4 members (excludes halogenated alkanes) is 2. The summed E-state index contributed by atoms with van der Waals surface area (Å²) in [6, 6.07) is 0. The Hall–Kier alpha value is -2.27. The maximum Gasteiger partial charge on any atom is 0.250 e. The fraction of sp³-hybridized carbons (Fsp3) is 0.350. The number of hydrogen-bond donors (Lipinski definition) is 0. The van der Waals surface area contributed by atoms with Crippen LogP contribution in [0.3, 0.4) is 0 Å². The quantitative estimate of drug-likeness (QED) is 0.292. The van der Waals surface area contributed by atoms with Crippen molar-refractivity contribution in [2.24, 2.45) is 0 Å². The molecule has 1 aliphatic heterocycles. The van der Waals surface area contributed by atoms with Gasteiger partial charge < -0.3 is 4.90 Å². The van der Waals surface area contributed by atoms with Crippen LogP contribution in [-0.2, 0) is 4.79 Å². The summed E-state index contributed by atoms with van der Waals surface area (Å²) in [4.78, 5) is 13.4. The number of carbonyl (C=O) groups excluding carboxylic acids is 1. The molecule has 0 radical (unpaired) electrons. The molecule has 1 amide bonds. The highest BCUT2D eigenvalue weighted by Gasteiger charge is 2.09. The van der Waals surface area contributed by atoms with Crippen LogP contribution in [0.5, 0.6) is 0 Å². The summed E-state index contributed by atoms with van der Waals surface area (Å²) in [5.74, 6) is 5.99. The second-order valence-corrected chi connectivity index (χ2v) is 4.95. The van der Waals surface area contributed by atoms with E-state index in [0.717, 1.165) is 38.6 Å². The van der Waals surface area contributed by atoms with Gasteiger partial charge in [0.05, 0.1) is 0 Å². The van der Waals surface area contributed by atoms with Crippen LogP contribution in [0.2, 0.25) is 0 Å². The first-order valence-electron chi connectivity index (χ1n) is 7.96. The lowest BCUT2D eigenvalue weighted by molar-refractivity contribution is -0.123. The van der Waals surface area contributed by atoms with Gasteiger partial charge in [0.25, 0.3) is 0 Å². The Bertz CT molecular complexity index is 524. The van der Waals surface area contributed by atoms with Gasteiger partial charge in [-0.3, -0.25) is 4.79 Å². The number of allylic oxidation sites excluding steroid dienone is 7. The van der Waals surface area contributed by atoms with Crippen molar-refractivity contribution >= 4 is 5.91 Å². The number of carbonyl (C=O) groups is 1. The number of hydrogen-bond acceptors (Lipinski definition) is 1. The van der Waals surface area contributed by atoms with Crippen LogP contribution < -0.4 is 0 Å². The number of amides is 1. The first-order chi connectivity index (χ1) is 10.8. The van der Waals surface area contributed by atoms with Crippen LogP contribution in [0.1, 0.15) is 39.0 Å². The highest BCUT2D eigenvalue weighted by Crippen LogP contribution is 2.05. The fourth-order valence-corrected chi connectivity index (χ4v) is 1.83. The average Bonchev–Trinajstić information content (AvgIpc) is 3.06. The maximum absolute atomic E-state index is 11.7. The zero-order valence-corrected chi connectivity index (χ0v) is 13.4. The molecule has 0 saturated carbocycles. The van der Waals surface area contributed by atoms with Crippen LogP contribution in [0.15, 0.2) is 60.9 Å². The maximum atomic E-state index is 11.7. The van der Waals surface area contributed by atoms with Gasteiger partial charge in [0, 0.05) is 12.7 Å². The van der Waals surface area contributed by atoms with Gasteiger partial charge in [-0.15, -0.1) is 0 Å². The summed E-state index contributed by atoms with van der Waals surface area (Å²) in [6.07, 6.45) is 24.3. The SMILES string of the molecule is CCCC=CC#CC=CC=CCCC=CC(=O)N1C=CCC1. The molecule has 1 aliphatic rings. The minimum absolute atomic E-state index is 0.0732. The van der Waals surface area contributed by atoms with E-state index in [1.54, 1.807) is 11.0 Å². The summed E-state index contributed by atoms with van der Waals surface area (Å²) in [6.45, 7) is 2.96. The Morgan fingerprint density at radius 1 is 1.09 bits per heavy atom. The molecule has 0 aromatic carbocycles. The lowest BCUT2D eigenvalue weighted by Crippen LogP contribution is -2.21. The topological polar surface area (TPSA) is 20.3 Å². The van der Waals surface area contributed by atoms with E-state index in [0.29, 0.717) is 0 Å². The minimum atomic E-state index is 0.0732. The zero-order valence-electron chi connectivity index (χ0n) is 13.4. The van der Waals surface area contributed by atoms with Crippen LogP contribution in [0.25, 0.3) is 0 Å². The highest BCUT2D eigenvalue weighted by atomic mass is 16.2. The molecule has 22 heavy (non-hydrogen) atoms. The standard InChI is InChI=1S/C20H25NO/c1-2-3-4-5-6-7-8-9-10-11-12-13-14-17-20(22)21-18-15-16-19-21/h4-5,8-11,14-15,17-18H,2-3,12-13,16,19H2,1H3. The van der Waals surface area contributed by atoms with Gasteiger partial charge in [0.1, 0.15) is 0 Å². The van der Waals surface area contributed by atoms with Crippen molar-refractivity contribution in [3.63, 3.8) is 0 Å².